The van der Waals surface area contributed by atoms with Gasteiger partial charge in [0.1, 0.15) is 0 Å². The van der Waals surface area contributed by atoms with Crippen molar-refractivity contribution in [1.82, 2.24) is 14.8 Å². The molecule has 3 aromatic rings. The van der Waals surface area contributed by atoms with E-state index < -0.39 is 5.95 Å². The molecule has 0 spiro atoms. The molecule has 1 aliphatic heterocycles. The fourth-order valence-corrected chi connectivity index (χ4v) is 4.45. The van der Waals surface area contributed by atoms with Crippen LogP contribution in [0.4, 0.5) is 4.39 Å². The number of carbonyl (C=O) groups is 2. The molecule has 0 bridgehead atoms. The van der Waals surface area contributed by atoms with Crippen LogP contribution in [-0.4, -0.2) is 52.8 Å². The van der Waals surface area contributed by atoms with Crippen molar-refractivity contribution in [2.45, 2.75) is 12.0 Å². The van der Waals surface area contributed by atoms with Gasteiger partial charge in [-0.15, -0.1) is 0 Å². The highest BCUT2D eigenvalue weighted by Crippen LogP contribution is 2.35. The van der Waals surface area contributed by atoms with Crippen LogP contribution in [0, 0.1) is 17.3 Å². The van der Waals surface area contributed by atoms with E-state index in [4.69, 9.17) is 28.5 Å². The van der Waals surface area contributed by atoms with E-state index in [1.165, 1.54) is 12.3 Å². The maximum atomic E-state index is 13.2. The SMILES string of the molecule is CN(C(=O)c1ccc(F)nc1)[C@@H]1CN(C(=O)c2ccc(C#N)cc2)C[C@H]1c1ccc(Cl)c(Cl)c1. The zero-order valence-corrected chi connectivity index (χ0v) is 19.6. The number of rotatable bonds is 4. The zero-order chi connectivity index (χ0) is 24.4. The molecule has 2 heterocycles. The minimum atomic E-state index is -0.673. The van der Waals surface area contributed by atoms with Crippen LogP contribution in [0.3, 0.4) is 0 Å². The van der Waals surface area contributed by atoms with Gasteiger partial charge >= 0.3 is 0 Å². The Kier molecular flexibility index (Phi) is 6.82. The number of benzene rings is 2. The summed E-state index contributed by atoms with van der Waals surface area (Å²) in [4.78, 5) is 33.2. The summed E-state index contributed by atoms with van der Waals surface area (Å²) in [5.74, 6) is -1.45. The van der Waals surface area contributed by atoms with Crippen molar-refractivity contribution in [2.75, 3.05) is 20.1 Å². The Labute approximate surface area is 206 Å². The van der Waals surface area contributed by atoms with Crippen LogP contribution in [0.1, 0.15) is 37.8 Å². The van der Waals surface area contributed by atoms with Crippen molar-refractivity contribution < 1.29 is 14.0 Å². The molecule has 0 saturated carbocycles. The van der Waals surface area contributed by atoms with E-state index in [2.05, 4.69) is 4.98 Å². The molecule has 0 radical (unpaired) electrons. The fraction of sp³-hybridized carbons (Fsp3) is 0.200. The number of hydrogen-bond donors (Lipinski definition) is 0. The summed E-state index contributed by atoms with van der Waals surface area (Å²) in [6, 6.07) is 15.8. The first-order valence-corrected chi connectivity index (χ1v) is 11.2. The standard InChI is InChI=1S/C25H19Cl2FN4O2/c1-31(24(33)18-7-9-23(28)30-12-18)22-14-32(25(34)16-4-2-15(11-29)3-5-16)13-19(22)17-6-8-20(26)21(27)10-17/h2-10,12,19,22H,13-14H2,1H3/t19-,22+/m0/s1. The smallest absolute Gasteiger partial charge is 0.255 e. The maximum absolute atomic E-state index is 13.2. The molecule has 2 aromatic carbocycles. The molecule has 0 unspecified atom stereocenters. The van der Waals surface area contributed by atoms with E-state index in [1.807, 2.05) is 12.1 Å². The van der Waals surface area contributed by atoms with Crippen LogP contribution in [0.5, 0.6) is 0 Å². The van der Waals surface area contributed by atoms with Gasteiger partial charge in [-0.2, -0.15) is 9.65 Å². The van der Waals surface area contributed by atoms with Gasteiger partial charge in [0.2, 0.25) is 5.95 Å². The monoisotopic (exact) mass is 496 g/mol. The van der Waals surface area contributed by atoms with E-state index >= 15 is 0 Å². The third-order valence-electron chi connectivity index (χ3n) is 6.00. The normalized spacial score (nSPS) is 17.3. The first-order chi connectivity index (χ1) is 16.3. The van der Waals surface area contributed by atoms with Gasteiger partial charge in [-0.1, -0.05) is 29.3 Å². The van der Waals surface area contributed by atoms with Crippen molar-refractivity contribution in [3.8, 4) is 6.07 Å². The molecule has 2 amide bonds. The number of nitriles is 1. The second-order valence-corrected chi connectivity index (χ2v) is 8.85. The quantitative estimate of drug-likeness (QED) is 0.487. The fourth-order valence-electron chi connectivity index (χ4n) is 4.14. The van der Waals surface area contributed by atoms with Gasteiger partial charge in [-0.05, 0) is 54.1 Å². The lowest BCUT2D eigenvalue weighted by Gasteiger charge is -2.29. The average molecular weight is 497 g/mol. The number of hydrogen-bond acceptors (Lipinski definition) is 4. The van der Waals surface area contributed by atoms with Gasteiger partial charge in [0.15, 0.2) is 0 Å². The molecule has 1 saturated heterocycles. The Hall–Kier alpha value is -3.47. The second kappa shape index (κ2) is 9.80. The number of aromatic nitrogens is 1. The highest BCUT2D eigenvalue weighted by Gasteiger charge is 2.40. The minimum absolute atomic E-state index is 0.207. The van der Waals surface area contributed by atoms with Crippen LogP contribution in [0.15, 0.2) is 60.8 Å². The molecule has 4 rings (SSSR count). The molecule has 0 aliphatic carbocycles. The van der Waals surface area contributed by atoms with Crippen molar-refractivity contribution in [1.29, 1.82) is 5.26 Å². The van der Waals surface area contributed by atoms with E-state index in [-0.39, 0.29) is 35.9 Å². The lowest BCUT2D eigenvalue weighted by atomic mass is 9.93. The van der Waals surface area contributed by atoms with Gasteiger partial charge in [-0.3, -0.25) is 9.59 Å². The number of pyridine rings is 1. The largest absolute Gasteiger partial charge is 0.336 e. The van der Waals surface area contributed by atoms with E-state index in [1.54, 1.807) is 53.2 Å². The lowest BCUT2D eigenvalue weighted by molar-refractivity contribution is 0.0695. The van der Waals surface area contributed by atoms with Crippen molar-refractivity contribution >= 4 is 35.0 Å². The van der Waals surface area contributed by atoms with Crippen molar-refractivity contribution in [3.63, 3.8) is 0 Å². The summed E-state index contributed by atoms with van der Waals surface area (Å²) >= 11 is 12.3. The molecule has 2 atom stereocenters. The highest BCUT2D eigenvalue weighted by atomic mass is 35.5. The highest BCUT2D eigenvalue weighted by molar-refractivity contribution is 6.42. The second-order valence-electron chi connectivity index (χ2n) is 8.03. The first kappa shape index (κ1) is 23.7. The predicted molar refractivity (Wildman–Crippen MR) is 126 cm³/mol. The van der Waals surface area contributed by atoms with Crippen LogP contribution >= 0.6 is 23.2 Å². The summed E-state index contributed by atoms with van der Waals surface area (Å²) in [5, 5.41) is 9.80. The maximum Gasteiger partial charge on any atom is 0.255 e. The molecule has 1 aliphatic rings. The van der Waals surface area contributed by atoms with Gasteiger partial charge < -0.3 is 9.80 Å². The molecular weight excluding hydrogens is 478 g/mol. The van der Waals surface area contributed by atoms with Gasteiger partial charge in [0.05, 0.1) is 33.3 Å². The number of amides is 2. The number of likely N-dealkylation sites (N-methyl/N-ethyl adjacent to an activating group) is 1. The summed E-state index contributed by atoms with van der Waals surface area (Å²) < 4.78 is 13.2. The molecule has 6 nitrogen and oxygen atoms in total. The van der Waals surface area contributed by atoms with Gasteiger partial charge in [0, 0.05) is 37.8 Å². The van der Waals surface area contributed by atoms with Crippen LogP contribution in [-0.2, 0) is 0 Å². The van der Waals surface area contributed by atoms with Crippen LogP contribution in [0.2, 0.25) is 10.0 Å². The topological polar surface area (TPSA) is 77.3 Å². The average Bonchev–Trinajstić information content (AvgIpc) is 3.30. The summed E-state index contributed by atoms with van der Waals surface area (Å²) in [6.07, 6.45) is 1.19. The summed E-state index contributed by atoms with van der Waals surface area (Å²) in [7, 11) is 1.65. The van der Waals surface area contributed by atoms with Gasteiger partial charge in [-0.25, -0.2) is 4.98 Å². The molecule has 34 heavy (non-hydrogen) atoms. The number of likely N-dealkylation sites (tertiary alicyclic amines) is 1. The lowest BCUT2D eigenvalue weighted by Crippen LogP contribution is -2.42. The van der Waals surface area contributed by atoms with E-state index in [0.29, 0.717) is 27.7 Å². The number of halogens is 3. The third-order valence-corrected chi connectivity index (χ3v) is 6.74. The first-order valence-electron chi connectivity index (χ1n) is 10.4. The van der Waals surface area contributed by atoms with E-state index in [0.717, 1.165) is 11.6 Å². The minimum Gasteiger partial charge on any atom is -0.336 e. The Bertz CT molecular complexity index is 1280. The third kappa shape index (κ3) is 4.74. The summed E-state index contributed by atoms with van der Waals surface area (Å²) in [6.45, 7) is 0.626. The molecular formula is C25H19Cl2FN4O2. The van der Waals surface area contributed by atoms with Gasteiger partial charge in [0.25, 0.3) is 11.8 Å². The van der Waals surface area contributed by atoms with E-state index in [9.17, 15) is 14.0 Å². The molecule has 172 valence electrons. The Morgan fingerprint density at radius 2 is 1.76 bits per heavy atom. The number of nitrogens with zero attached hydrogens (tertiary/aromatic N) is 4. The van der Waals surface area contributed by atoms with Crippen LogP contribution in [0.25, 0.3) is 0 Å². The Morgan fingerprint density at radius 1 is 1.06 bits per heavy atom. The zero-order valence-electron chi connectivity index (χ0n) is 18.1. The predicted octanol–water partition coefficient (Wildman–Crippen LogP) is 4.78. The molecule has 1 fully saturated rings. The number of carbonyl (C=O) groups excluding carboxylic acids is 2. The Morgan fingerprint density at radius 3 is 2.38 bits per heavy atom. The molecule has 0 N–H and O–H groups in total. The van der Waals surface area contributed by atoms with Crippen LogP contribution < -0.4 is 0 Å². The van der Waals surface area contributed by atoms with Crippen molar-refractivity contribution in [3.05, 3.63) is 99.0 Å². The Balaban J connectivity index is 1.65. The molecule has 1 aromatic heterocycles. The van der Waals surface area contributed by atoms with Crippen molar-refractivity contribution in [2.24, 2.45) is 0 Å². The molecule has 9 heteroatoms. The summed E-state index contributed by atoms with van der Waals surface area (Å²) in [5.41, 5.74) is 1.99.